The lowest BCUT2D eigenvalue weighted by atomic mass is 10.1. The zero-order valence-corrected chi connectivity index (χ0v) is 18.3. The largest absolute Gasteiger partial charge is 0.427 e. The molecule has 2 N–H and O–H groups in total. The summed E-state index contributed by atoms with van der Waals surface area (Å²) in [4.78, 5) is 35.6. The van der Waals surface area contributed by atoms with Gasteiger partial charge in [0.2, 0.25) is 5.91 Å². The molecule has 0 saturated carbocycles. The smallest absolute Gasteiger partial charge is 0.308 e. The van der Waals surface area contributed by atoms with Crippen LogP contribution in [0.25, 0.3) is 0 Å². The Bertz CT molecular complexity index is 1110. The van der Waals surface area contributed by atoms with Crippen LogP contribution in [-0.4, -0.2) is 17.8 Å². The van der Waals surface area contributed by atoms with E-state index in [-0.39, 0.29) is 11.8 Å². The van der Waals surface area contributed by atoms with Gasteiger partial charge < -0.3 is 15.4 Å². The number of anilines is 1. The summed E-state index contributed by atoms with van der Waals surface area (Å²) in [7, 11) is 0. The molecule has 3 aromatic rings. The average molecular weight is 451 g/mol. The molecule has 3 aromatic carbocycles. The third-order valence-electron chi connectivity index (χ3n) is 4.58. The summed E-state index contributed by atoms with van der Waals surface area (Å²) in [5.74, 6) is -0.490. The van der Waals surface area contributed by atoms with Crippen LogP contribution in [0.1, 0.15) is 34.8 Å². The number of halogens is 1. The minimum atomic E-state index is -0.445. The number of carbonyl (C=O) groups is 3. The maximum Gasteiger partial charge on any atom is 0.308 e. The molecule has 3 rings (SSSR count). The second-order valence-electron chi connectivity index (χ2n) is 7.18. The fraction of sp³-hybridized carbons (Fsp3) is 0.160. The van der Waals surface area contributed by atoms with Gasteiger partial charge in [-0.05, 0) is 60.0 Å². The molecule has 0 aliphatic heterocycles. The van der Waals surface area contributed by atoms with Crippen LogP contribution in [0.5, 0.6) is 5.75 Å². The Kier molecular flexibility index (Phi) is 8.00. The molecule has 0 heterocycles. The van der Waals surface area contributed by atoms with Crippen molar-refractivity contribution in [2.75, 3.05) is 5.32 Å². The predicted molar refractivity (Wildman–Crippen MR) is 124 cm³/mol. The van der Waals surface area contributed by atoms with Crippen molar-refractivity contribution in [1.82, 2.24) is 5.32 Å². The molecule has 0 radical (unpaired) electrons. The highest BCUT2D eigenvalue weighted by molar-refractivity contribution is 6.30. The Morgan fingerprint density at radius 3 is 2.38 bits per heavy atom. The first-order chi connectivity index (χ1) is 15.4. The fourth-order valence-corrected chi connectivity index (χ4v) is 3.24. The van der Waals surface area contributed by atoms with E-state index in [4.69, 9.17) is 16.3 Å². The number of ether oxygens (including phenoxy) is 1. The Morgan fingerprint density at radius 1 is 0.906 bits per heavy atom. The number of amides is 2. The number of benzene rings is 3. The summed E-state index contributed by atoms with van der Waals surface area (Å²) in [5.41, 5.74) is 2.97. The van der Waals surface area contributed by atoms with E-state index in [2.05, 4.69) is 10.6 Å². The number of esters is 1. The third kappa shape index (κ3) is 7.25. The molecule has 2 amide bonds. The first kappa shape index (κ1) is 23.0. The van der Waals surface area contributed by atoms with Gasteiger partial charge in [-0.3, -0.25) is 14.4 Å². The highest BCUT2D eigenvalue weighted by atomic mass is 35.5. The minimum absolute atomic E-state index is 0.0845. The van der Waals surface area contributed by atoms with E-state index in [0.29, 0.717) is 41.4 Å². The molecule has 0 aromatic heterocycles. The molecule has 32 heavy (non-hydrogen) atoms. The summed E-state index contributed by atoms with van der Waals surface area (Å²) in [5, 5.41) is 6.34. The number of hydrogen-bond donors (Lipinski definition) is 2. The lowest BCUT2D eigenvalue weighted by Crippen LogP contribution is -2.22. The van der Waals surface area contributed by atoms with Gasteiger partial charge in [-0.1, -0.05) is 41.9 Å². The quantitative estimate of drug-likeness (QED) is 0.382. The van der Waals surface area contributed by atoms with Crippen LogP contribution in [0.15, 0.2) is 72.8 Å². The fourth-order valence-electron chi connectivity index (χ4n) is 3.03. The molecule has 0 atom stereocenters. The number of nitrogens with one attached hydrogen (secondary N) is 2. The molecule has 0 fully saturated rings. The number of hydrogen-bond acceptors (Lipinski definition) is 4. The van der Waals surface area contributed by atoms with Crippen LogP contribution in [0, 0.1) is 0 Å². The average Bonchev–Trinajstić information content (AvgIpc) is 2.77. The van der Waals surface area contributed by atoms with Crippen molar-refractivity contribution in [3.8, 4) is 5.75 Å². The minimum Gasteiger partial charge on any atom is -0.427 e. The van der Waals surface area contributed by atoms with Crippen molar-refractivity contribution >= 4 is 35.1 Å². The molecule has 0 bridgehead atoms. The lowest BCUT2D eigenvalue weighted by Gasteiger charge is -2.09. The van der Waals surface area contributed by atoms with Crippen LogP contribution in [0.4, 0.5) is 5.69 Å². The SMILES string of the molecule is CC(=O)Oc1cccc(C(=O)NCc2ccc(NC(=O)CCc3cccc(Cl)c3)cc2)c1. The van der Waals surface area contributed by atoms with Crippen LogP contribution in [0.3, 0.4) is 0 Å². The van der Waals surface area contributed by atoms with Gasteiger partial charge in [-0.2, -0.15) is 0 Å². The van der Waals surface area contributed by atoms with E-state index < -0.39 is 5.97 Å². The maximum atomic E-state index is 12.4. The summed E-state index contributed by atoms with van der Waals surface area (Å²) in [6.07, 6.45) is 0.958. The molecule has 0 spiro atoms. The van der Waals surface area contributed by atoms with Gasteiger partial charge in [-0.25, -0.2) is 0 Å². The molecule has 0 unspecified atom stereocenters. The number of aryl methyl sites for hydroxylation is 1. The summed E-state index contributed by atoms with van der Waals surface area (Å²) >= 11 is 5.97. The van der Waals surface area contributed by atoms with Gasteiger partial charge in [0, 0.05) is 36.2 Å². The van der Waals surface area contributed by atoms with Gasteiger partial charge in [0.25, 0.3) is 5.91 Å². The van der Waals surface area contributed by atoms with Crippen LogP contribution in [0.2, 0.25) is 5.02 Å². The zero-order chi connectivity index (χ0) is 22.9. The summed E-state index contributed by atoms with van der Waals surface area (Å²) in [6, 6.07) is 21.1. The highest BCUT2D eigenvalue weighted by Gasteiger charge is 2.08. The molecule has 7 heteroatoms. The second-order valence-corrected chi connectivity index (χ2v) is 7.62. The normalized spacial score (nSPS) is 10.3. The Morgan fingerprint density at radius 2 is 1.66 bits per heavy atom. The van der Waals surface area contributed by atoms with E-state index in [1.807, 2.05) is 30.3 Å². The van der Waals surface area contributed by atoms with Gasteiger partial charge in [0.15, 0.2) is 0 Å². The van der Waals surface area contributed by atoms with Crippen molar-refractivity contribution in [1.29, 1.82) is 0 Å². The Balaban J connectivity index is 1.47. The molecule has 0 saturated heterocycles. The highest BCUT2D eigenvalue weighted by Crippen LogP contribution is 2.15. The zero-order valence-electron chi connectivity index (χ0n) is 17.6. The molecule has 0 aliphatic carbocycles. The molecule has 0 aliphatic rings. The van der Waals surface area contributed by atoms with E-state index in [1.54, 1.807) is 36.4 Å². The van der Waals surface area contributed by atoms with Crippen molar-refractivity contribution in [2.24, 2.45) is 0 Å². The Labute approximate surface area is 191 Å². The van der Waals surface area contributed by atoms with Crippen LogP contribution < -0.4 is 15.4 Å². The van der Waals surface area contributed by atoms with Crippen molar-refractivity contribution in [2.45, 2.75) is 26.3 Å². The molecular weight excluding hydrogens is 428 g/mol. The summed E-state index contributed by atoms with van der Waals surface area (Å²) < 4.78 is 5.00. The van der Waals surface area contributed by atoms with Crippen molar-refractivity contribution in [3.63, 3.8) is 0 Å². The van der Waals surface area contributed by atoms with Gasteiger partial charge >= 0.3 is 5.97 Å². The van der Waals surface area contributed by atoms with E-state index in [1.165, 1.54) is 13.0 Å². The predicted octanol–water partition coefficient (Wildman–Crippen LogP) is 4.77. The maximum absolute atomic E-state index is 12.4. The van der Waals surface area contributed by atoms with E-state index in [9.17, 15) is 14.4 Å². The molecular formula is C25H23ClN2O4. The van der Waals surface area contributed by atoms with Crippen LogP contribution in [-0.2, 0) is 22.6 Å². The monoisotopic (exact) mass is 450 g/mol. The Hall–Kier alpha value is -3.64. The van der Waals surface area contributed by atoms with Gasteiger partial charge in [0.1, 0.15) is 5.75 Å². The van der Waals surface area contributed by atoms with E-state index in [0.717, 1.165) is 11.1 Å². The standard InChI is InChI=1S/C25H23ClN2O4/c1-17(29)32-23-7-3-5-20(15-23)25(31)27-16-19-8-11-22(12-9-19)28-24(30)13-10-18-4-2-6-21(26)14-18/h2-9,11-12,14-15H,10,13,16H2,1H3,(H,27,31)(H,28,30). The lowest BCUT2D eigenvalue weighted by molar-refractivity contribution is -0.131. The first-order valence-corrected chi connectivity index (χ1v) is 10.5. The molecule has 6 nitrogen and oxygen atoms in total. The van der Waals surface area contributed by atoms with Gasteiger partial charge in [-0.15, -0.1) is 0 Å². The third-order valence-corrected chi connectivity index (χ3v) is 4.81. The summed E-state index contributed by atoms with van der Waals surface area (Å²) in [6.45, 7) is 1.62. The first-order valence-electron chi connectivity index (χ1n) is 10.1. The number of carbonyl (C=O) groups excluding carboxylic acids is 3. The van der Waals surface area contributed by atoms with Gasteiger partial charge in [0.05, 0.1) is 0 Å². The van der Waals surface area contributed by atoms with Crippen molar-refractivity contribution in [3.05, 3.63) is 94.5 Å². The second kappa shape index (κ2) is 11.1. The molecule has 164 valence electrons. The number of rotatable bonds is 8. The van der Waals surface area contributed by atoms with E-state index >= 15 is 0 Å². The van der Waals surface area contributed by atoms with Crippen LogP contribution >= 0.6 is 11.6 Å². The van der Waals surface area contributed by atoms with Crippen molar-refractivity contribution < 1.29 is 19.1 Å². The topological polar surface area (TPSA) is 84.5 Å².